The van der Waals surface area contributed by atoms with Gasteiger partial charge in [-0.2, -0.15) is 0 Å². The number of ketones is 1. The van der Waals surface area contributed by atoms with Crippen molar-refractivity contribution in [2.45, 2.75) is 44.9 Å². The molecule has 110 valence electrons. The van der Waals surface area contributed by atoms with Crippen molar-refractivity contribution in [2.24, 2.45) is 11.8 Å². The normalized spacial score (nSPS) is 41.3. The Morgan fingerprint density at radius 1 is 1.40 bits per heavy atom. The number of hydrogen-bond donors (Lipinski definition) is 1. The summed E-state index contributed by atoms with van der Waals surface area (Å²) < 4.78 is 16.3. The number of aliphatic hydroxyl groups is 1. The van der Waals surface area contributed by atoms with Crippen LogP contribution in [0.2, 0.25) is 0 Å². The molecule has 0 aromatic heterocycles. The lowest BCUT2D eigenvalue weighted by molar-refractivity contribution is -0.168. The van der Waals surface area contributed by atoms with Gasteiger partial charge in [-0.25, -0.2) is 4.79 Å². The summed E-state index contributed by atoms with van der Waals surface area (Å²) in [5.74, 6) is -2.71. The summed E-state index contributed by atoms with van der Waals surface area (Å²) >= 11 is 0. The molecule has 2 aliphatic carbocycles. The Balaban J connectivity index is 1.92. The van der Waals surface area contributed by atoms with E-state index in [1.807, 2.05) is 0 Å². The lowest BCUT2D eigenvalue weighted by Gasteiger charge is -2.23. The maximum absolute atomic E-state index is 12.3. The molecule has 6 nitrogen and oxygen atoms in total. The van der Waals surface area contributed by atoms with Crippen molar-refractivity contribution >= 4 is 11.8 Å². The number of rotatable bonds is 2. The predicted molar refractivity (Wildman–Crippen MR) is 66.5 cm³/mol. The molecule has 0 aromatic rings. The summed E-state index contributed by atoms with van der Waals surface area (Å²) in [6.45, 7) is 5.41. The van der Waals surface area contributed by atoms with Gasteiger partial charge >= 0.3 is 5.97 Å². The fraction of sp³-hybridized carbons (Fsp3) is 0.714. The lowest BCUT2D eigenvalue weighted by Crippen LogP contribution is -2.32. The van der Waals surface area contributed by atoms with E-state index < -0.39 is 41.9 Å². The van der Waals surface area contributed by atoms with Gasteiger partial charge in [0.05, 0.1) is 18.6 Å². The molecule has 1 N–H and O–H groups in total. The number of carbonyl (C=O) groups excluding carboxylic acids is 2. The van der Waals surface area contributed by atoms with Crippen molar-refractivity contribution in [3.05, 3.63) is 11.6 Å². The van der Waals surface area contributed by atoms with Gasteiger partial charge in [0, 0.05) is 11.5 Å². The summed E-state index contributed by atoms with van der Waals surface area (Å²) in [6, 6.07) is 0. The Morgan fingerprint density at radius 3 is 2.75 bits per heavy atom. The molecule has 0 aromatic carbocycles. The van der Waals surface area contributed by atoms with Crippen molar-refractivity contribution in [3.8, 4) is 0 Å². The molecule has 0 bridgehead atoms. The number of aliphatic hydroxyl groups excluding tert-OH is 1. The summed E-state index contributed by atoms with van der Waals surface area (Å²) in [5, 5.41) is 10.0. The molecule has 2 fully saturated rings. The third-order valence-electron chi connectivity index (χ3n) is 4.07. The number of esters is 1. The zero-order valence-corrected chi connectivity index (χ0v) is 11.7. The van der Waals surface area contributed by atoms with E-state index in [1.165, 1.54) is 6.08 Å². The van der Waals surface area contributed by atoms with Crippen LogP contribution in [0.1, 0.15) is 20.8 Å². The van der Waals surface area contributed by atoms with Crippen LogP contribution < -0.4 is 0 Å². The van der Waals surface area contributed by atoms with Gasteiger partial charge in [0.25, 0.3) is 0 Å². The van der Waals surface area contributed by atoms with Gasteiger partial charge in [-0.15, -0.1) is 0 Å². The fourth-order valence-electron chi connectivity index (χ4n) is 3.41. The third kappa shape index (κ3) is 1.82. The summed E-state index contributed by atoms with van der Waals surface area (Å²) in [7, 11) is 0. The molecule has 6 heteroatoms. The molecule has 0 unspecified atom stereocenters. The average molecular weight is 282 g/mol. The highest BCUT2D eigenvalue weighted by Gasteiger charge is 2.63. The molecule has 1 aliphatic heterocycles. The molecule has 1 saturated heterocycles. The van der Waals surface area contributed by atoms with Crippen LogP contribution in [-0.2, 0) is 23.8 Å². The Hall–Kier alpha value is -1.24. The smallest absolute Gasteiger partial charge is 0.334 e. The van der Waals surface area contributed by atoms with Crippen LogP contribution in [0.25, 0.3) is 0 Å². The molecule has 0 spiro atoms. The summed E-state index contributed by atoms with van der Waals surface area (Å²) in [4.78, 5) is 24.3. The average Bonchev–Trinajstić information content (AvgIpc) is 2.92. The topological polar surface area (TPSA) is 82.1 Å². The van der Waals surface area contributed by atoms with E-state index in [-0.39, 0.29) is 12.4 Å². The van der Waals surface area contributed by atoms with Gasteiger partial charge in [0.2, 0.25) is 0 Å². The van der Waals surface area contributed by atoms with Crippen LogP contribution in [0.15, 0.2) is 11.6 Å². The van der Waals surface area contributed by atoms with E-state index in [2.05, 4.69) is 0 Å². The molecule has 3 aliphatic rings. The zero-order chi connectivity index (χ0) is 14.7. The lowest BCUT2D eigenvalue weighted by atomic mass is 9.91. The van der Waals surface area contributed by atoms with Crippen molar-refractivity contribution in [3.63, 3.8) is 0 Å². The molecule has 1 saturated carbocycles. The van der Waals surface area contributed by atoms with Crippen LogP contribution in [0, 0.1) is 11.8 Å². The van der Waals surface area contributed by atoms with Gasteiger partial charge in [-0.1, -0.05) is 0 Å². The summed E-state index contributed by atoms with van der Waals surface area (Å²) in [5.41, 5.74) is 0.325. The second kappa shape index (κ2) is 4.38. The monoisotopic (exact) mass is 282 g/mol. The molecule has 0 amide bonds. The number of carbonyl (C=O) groups is 2. The van der Waals surface area contributed by atoms with Crippen molar-refractivity contribution in [2.75, 3.05) is 6.61 Å². The van der Waals surface area contributed by atoms with E-state index in [1.54, 1.807) is 20.8 Å². The minimum atomic E-state index is -0.979. The molecule has 1 heterocycles. The Labute approximate surface area is 116 Å². The standard InChI is InChI=1S/C14H18O6/c1-4-18-13(17)6-5-7(15)9-8(6)11-12(10(9)16)20-14(2,3)19-11/h5,7-9,11-12,15H,4H2,1-3H3/t7-,8+,9-,11-,12+/m0/s1. The van der Waals surface area contributed by atoms with Crippen LogP contribution in [0.5, 0.6) is 0 Å². The first-order valence-corrected chi connectivity index (χ1v) is 6.82. The van der Waals surface area contributed by atoms with E-state index in [0.717, 1.165) is 0 Å². The number of Topliss-reactive ketones (excluding diaryl/α,β-unsaturated/α-hetero) is 1. The van der Waals surface area contributed by atoms with E-state index >= 15 is 0 Å². The molecule has 3 rings (SSSR count). The molecular formula is C14H18O6. The Bertz CT molecular complexity index is 494. The SMILES string of the molecule is CCOC(=O)C1=C[C@H](O)[C@@H]2C(=O)[C@H]3OC(C)(C)O[C@H]3[C@H]12. The second-order valence-corrected chi connectivity index (χ2v) is 5.81. The third-order valence-corrected chi connectivity index (χ3v) is 4.07. The molecular weight excluding hydrogens is 264 g/mol. The maximum atomic E-state index is 12.3. The van der Waals surface area contributed by atoms with Gasteiger partial charge in [0.15, 0.2) is 11.6 Å². The van der Waals surface area contributed by atoms with Crippen LogP contribution in [0.3, 0.4) is 0 Å². The zero-order valence-electron chi connectivity index (χ0n) is 11.7. The van der Waals surface area contributed by atoms with Crippen molar-refractivity contribution in [1.82, 2.24) is 0 Å². The maximum Gasteiger partial charge on any atom is 0.334 e. The van der Waals surface area contributed by atoms with Crippen LogP contribution >= 0.6 is 0 Å². The van der Waals surface area contributed by atoms with Crippen molar-refractivity contribution < 1.29 is 28.9 Å². The highest BCUT2D eigenvalue weighted by atomic mass is 16.8. The highest BCUT2D eigenvalue weighted by molar-refractivity contribution is 5.98. The summed E-state index contributed by atoms with van der Waals surface area (Å²) in [6.07, 6.45) is -0.813. The van der Waals surface area contributed by atoms with Crippen LogP contribution in [0.4, 0.5) is 0 Å². The minimum Gasteiger partial charge on any atom is -0.463 e. The van der Waals surface area contributed by atoms with Gasteiger partial charge in [-0.3, -0.25) is 4.79 Å². The Kier molecular flexibility index (Phi) is 3.00. The number of fused-ring (bicyclic) bond motifs is 3. The number of hydrogen-bond acceptors (Lipinski definition) is 6. The first-order chi connectivity index (χ1) is 9.35. The van der Waals surface area contributed by atoms with E-state index in [9.17, 15) is 14.7 Å². The van der Waals surface area contributed by atoms with Gasteiger partial charge in [0.1, 0.15) is 12.2 Å². The molecule has 5 atom stereocenters. The van der Waals surface area contributed by atoms with Gasteiger partial charge in [-0.05, 0) is 26.8 Å². The number of ether oxygens (including phenoxy) is 3. The molecule has 0 radical (unpaired) electrons. The molecule has 20 heavy (non-hydrogen) atoms. The van der Waals surface area contributed by atoms with Crippen molar-refractivity contribution in [1.29, 1.82) is 0 Å². The van der Waals surface area contributed by atoms with Crippen LogP contribution in [-0.4, -0.2) is 47.6 Å². The first-order valence-electron chi connectivity index (χ1n) is 6.82. The second-order valence-electron chi connectivity index (χ2n) is 5.81. The quantitative estimate of drug-likeness (QED) is 0.728. The van der Waals surface area contributed by atoms with E-state index in [0.29, 0.717) is 5.57 Å². The highest BCUT2D eigenvalue weighted by Crippen LogP contribution is 2.50. The minimum absolute atomic E-state index is 0.200. The predicted octanol–water partition coefficient (Wildman–Crippen LogP) is 0.186. The largest absolute Gasteiger partial charge is 0.463 e. The Morgan fingerprint density at radius 2 is 2.10 bits per heavy atom. The fourth-order valence-corrected chi connectivity index (χ4v) is 3.41. The van der Waals surface area contributed by atoms with Gasteiger partial charge < -0.3 is 19.3 Å². The van der Waals surface area contributed by atoms with E-state index in [4.69, 9.17) is 14.2 Å². The first kappa shape index (κ1) is 13.7.